The van der Waals surface area contributed by atoms with Crippen molar-refractivity contribution in [2.75, 3.05) is 26.7 Å². The summed E-state index contributed by atoms with van der Waals surface area (Å²) >= 11 is 0. The van der Waals surface area contributed by atoms with Gasteiger partial charge in [0.25, 0.3) is 0 Å². The molecule has 3 N–H and O–H groups in total. The summed E-state index contributed by atoms with van der Waals surface area (Å²) in [5.41, 5.74) is 5.26. The molecule has 0 aromatic carbocycles. The number of nitrogens with one attached hydrogen (secondary N) is 1. The van der Waals surface area contributed by atoms with Gasteiger partial charge in [0.05, 0.1) is 6.54 Å². The van der Waals surface area contributed by atoms with Crippen LogP contribution in [0.15, 0.2) is 0 Å². The molecule has 0 spiro atoms. The normalized spacial score (nSPS) is 20.8. The fraction of sp³-hybridized carbons (Fsp3) is 0.875. The van der Waals surface area contributed by atoms with Gasteiger partial charge in [0.1, 0.15) is 6.10 Å². The summed E-state index contributed by atoms with van der Waals surface area (Å²) in [6.07, 6.45) is 2.25. The predicted molar refractivity (Wildman–Crippen MR) is 48.4 cm³/mol. The minimum atomic E-state index is 0.213. The van der Waals surface area contributed by atoms with Gasteiger partial charge in [-0.25, -0.2) is 0 Å². The lowest BCUT2D eigenvalue weighted by molar-refractivity contribution is 0.102. The first kappa shape index (κ1) is 9.48. The van der Waals surface area contributed by atoms with Crippen molar-refractivity contribution in [1.29, 1.82) is 5.41 Å². The van der Waals surface area contributed by atoms with E-state index in [2.05, 4.69) is 11.9 Å². The Labute approximate surface area is 73.2 Å². The Balaban J connectivity index is 2.21. The molecule has 12 heavy (non-hydrogen) atoms. The molecule has 1 saturated heterocycles. The molecule has 0 radical (unpaired) electrons. The van der Waals surface area contributed by atoms with Gasteiger partial charge in [0, 0.05) is 13.1 Å². The third kappa shape index (κ3) is 2.79. The number of nitrogens with zero attached hydrogens (tertiary/aromatic N) is 1. The molecular formula is C8H17N3O. The van der Waals surface area contributed by atoms with Crippen molar-refractivity contribution in [3.63, 3.8) is 0 Å². The summed E-state index contributed by atoms with van der Waals surface area (Å²) in [5.74, 6) is 0.213. The number of rotatable bonds is 2. The van der Waals surface area contributed by atoms with E-state index in [9.17, 15) is 0 Å². The van der Waals surface area contributed by atoms with Gasteiger partial charge in [-0.2, -0.15) is 0 Å². The second kappa shape index (κ2) is 4.42. The molecule has 0 unspecified atom stereocenters. The van der Waals surface area contributed by atoms with Crippen LogP contribution < -0.4 is 5.73 Å². The van der Waals surface area contributed by atoms with Gasteiger partial charge >= 0.3 is 0 Å². The van der Waals surface area contributed by atoms with Crippen LogP contribution in [-0.2, 0) is 4.74 Å². The molecule has 1 aliphatic rings. The van der Waals surface area contributed by atoms with Crippen LogP contribution in [0.3, 0.4) is 0 Å². The van der Waals surface area contributed by atoms with Crippen LogP contribution in [0.2, 0.25) is 0 Å². The van der Waals surface area contributed by atoms with E-state index in [4.69, 9.17) is 15.9 Å². The summed E-state index contributed by atoms with van der Waals surface area (Å²) in [6, 6.07) is 0. The minimum Gasteiger partial charge on any atom is -0.477 e. The molecule has 4 heteroatoms. The van der Waals surface area contributed by atoms with E-state index in [1.54, 1.807) is 0 Å². The third-order valence-corrected chi connectivity index (χ3v) is 2.16. The van der Waals surface area contributed by atoms with Crippen LogP contribution in [0, 0.1) is 5.41 Å². The maximum Gasteiger partial charge on any atom is 0.194 e. The van der Waals surface area contributed by atoms with E-state index in [1.807, 2.05) is 0 Å². The zero-order valence-corrected chi connectivity index (χ0v) is 7.55. The van der Waals surface area contributed by atoms with Gasteiger partial charge in [-0.05, 0) is 19.9 Å². The van der Waals surface area contributed by atoms with Crippen LogP contribution in [-0.4, -0.2) is 43.6 Å². The highest BCUT2D eigenvalue weighted by molar-refractivity contribution is 5.74. The smallest absolute Gasteiger partial charge is 0.194 e. The van der Waals surface area contributed by atoms with Crippen molar-refractivity contribution in [2.24, 2.45) is 5.73 Å². The summed E-state index contributed by atoms with van der Waals surface area (Å²) in [4.78, 5) is 2.27. The molecule has 0 aromatic rings. The Morgan fingerprint density at radius 1 is 1.58 bits per heavy atom. The van der Waals surface area contributed by atoms with E-state index in [0.717, 1.165) is 25.9 Å². The molecule has 0 aromatic heterocycles. The van der Waals surface area contributed by atoms with Crippen LogP contribution >= 0.6 is 0 Å². The highest BCUT2D eigenvalue weighted by atomic mass is 16.5. The van der Waals surface area contributed by atoms with Crippen molar-refractivity contribution in [1.82, 2.24) is 4.90 Å². The molecule has 70 valence electrons. The monoisotopic (exact) mass is 171 g/mol. The second-order valence-electron chi connectivity index (χ2n) is 3.25. The molecule has 1 rings (SSSR count). The fourth-order valence-corrected chi connectivity index (χ4v) is 1.35. The molecule has 1 heterocycles. The SMILES string of the molecule is CN1CCC(OC(=N)CN)CC1. The summed E-state index contributed by atoms with van der Waals surface area (Å²) < 4.78 is 5.32. The van der Waals surface area contributed by atoms with Crippen molar-refractivity contribution in [3.05, 3.63) is 0 Å². The van der Waals surface area contributed by atoms with Crippen LogP contribution in [0.25, 0.3) is 0 Å². The van der Waals surface area contributed by atoms with Gasteiger partial charge in [0.15, 0.2) is 5.90 Å². The van der Waals surface area contributed by atoms with E-state index in [1.165, 1.54) is 0 Å². The van der Waals surface area contributed by atoms with Crippen molar-refractivity contribution < 1.29 is 4.74 Å². The highest BCUT2D eigenvalue weighted by Gasteiger charge is 2.18. The summed E-state index contributed by atoms with van der Waals surface area (Å²) in [5, 5.41) is 7.26. The Morgan fingerprint density at radius 3 is 2.67 bits per heavy atom. The Hall–Kier alpha value is -0.610. The van der Waals surface area contributed by atoms with E-state index in [-0.39, 0.29) is 18.5 Å². The number of ether oxygens (including phenoxy) is 1. The number of hydrogen-bond acceptors (Lipinski definition) is 4. The Bertz CT molecular complexity index is 152. The second-order valence-corrected chi connectivity index (χ2v) is 3.25. The predicted octanol–water partition coefficient (Wildman–Crippen LogP) is 0.0332. The van der Waals surface area contributed by atoms with Gasteiger partial charge in [0.2, 0.25) is 0 Å². The molecule has 0 atom stereocenters. The summed E-state index contributed by atoms with van der Waals surface area (Å²) in [7, 11) is 2.10. The minimum absolute atomic E-state index is 0.213. The van der Waals surface area contributed by atoms with Crippen LogP contribution in [0.4, 0.5) is 0 Å². The first-order valence-corrected chi connectivity index (χ1v) is 4.35. The average Bonchev–Trinajstić information content (AvgIpc) is 2.09. The van der Waals surface area contributed by atoms with Gasteiger partial charge in [-0.15, -0.1) is 0 Å². The van der Waals surface area contributed by atoms with Gasteiger partial charge in [-0.1, -0.05) is 0 Å². The molecule has 1 aliphatic heterocycles. The van der Waals surface area contributed by atoms with Gasteiger partial charge < -0.3 is 15.4 Å². The zero-order valence-electron chi connectivity index (χ0n) is 7.55. The fourth-order valence-electron chi connectivity index (χ4n) is 1.35. The first-order valence-electron chi connectivity index (χ1n) is 4.35. The number of likely N-dealkylation sites (tertiary alicyclic amines) is 1. The van der Waals surface area contributed by atoms with Crippen LogP contribution in [0.5, 0.6) is 0 Å². The standard InChI is InChI=1S/C8H17N3O/c1-11-4-2-7(3-5-11)12-8(10)6-9/h7,10H,2-6,9H2,1H3. The Kier molecular flexibility index (Phi) is 3.49. The van der Waals surface area contributed by atoms with E-state index in [0.29, 0.717) is 0 Å². The van der Waals surface area contributed by atoms with Crippen LogP contribution in [0.1, 0.15) is 12.8 Å². The quantitative estimate of drug-likeness (QED) is 0.455. The molecule has 4 nitrogen and oxygen atoms in total. The zero-order chi connectivity index (χ0) is 8.97. The number of hydrogen-bond donors (Lipinski definition) is 2. The highest BCUT2D eigenvalue weighted by Crippen LogP contribution is 2.11. The molecule has 0 bridgehead atoms. The molecule has 0 saturated carbocycles. The van der Waals surface area contributed by atoms with Crippen molar-refractivity contribution in [3.8, 4) is 0 Å². The Morgan fingerprint density at radius 2 is 2.17 bits per heavy atom. The van der Waals surface area contributed by atoms with Crippen molar-refractivity contribution in [2.45, 2.75) is 18.9 Å². The lowest BCUT2D eigenvalue weighted by atomic mass is 10.1. The first-order chi connectivity index (χ1) is 5.72. The maximum absolute atomic E-state index is 7.26. The van der Waals surface area contributed by atoms with E-state index >= 15 is 0 Å². The largest absolute Gasteiger partial charge is 0.477 e. The van der Waals surface area contributed by atoms with Crippen molar-refractivity contribution >= 4 is 5.90 Å². The maximum atomic E-state index is 7.26. The molecule has 0 amide bonds. The summed E-state index contributed by atoms with van der Waals surface area (Å²) in [6.45, 7) is 2.33. The third-order valence-electron chi connectivity index (χ3n) is 2.16. The van der Waals surface area contributed by atoms with Gasteiger partial charge in [-0.3, -0.25) is 5.41 Å². The van der Waals surface area contributed by atoms with E-state index < -0.39 is 0 Å². The average molecular weight is 171 g/mol. The lowest BCUT2D eigenvalue weighted by Gasteiger charge is -2.29. The molecule has 0 aliphatic carbocycles. The number of nitrogens with two attached hydrogens (primary N) is 1. The lowest BCUT2D eigenvalue weighted by Crippen LogP contribution is -2.36. The topological polar surface area (TPSA) is 62.3 Å². The molecule has 1 fully saturated rings. The molecular weight excluding hydrogens is 154 g/mol. The number of piperidine rings is 1.